The molecule has 1 aromatic carbocycles. The molecule has 0 aliphatic carbocycles. The van der Waals surface area contributed by atoms with Crippen LogP contribution in [0.1, 0.15) is 6.92 Å². The Morgan fingerprint density at radius 1 is 1.29 bits per heavy atom. The molecular formula is C15H21N3O3. The van der Waals surface area contributed by atoms with Crippen LogP contribution in [0, 0.1) is 0 Å². The van der Waals surface area contributed by atoms with Gasteiger partial charge in [0.15, 0.2) is 0 Å². The molecule has 0 spiro atoms. The maximum absolute atomic E-state index is 11.7. The van der Waals surface area contributed by atoms with Gasteiger partial charge < -0.3 is 20.7 Å². The summed E-state index contributed by atoms with van der Waals surface area (Å²) in [7, 11) is 1.46. The molecule has 0 saturated carbocycles. The minimum absolute atomic E-state index is 0.0144. The lowest BCUT2D eigenvalue weighted by atomic mass is 10.2. The van der Waals surface area contributed by atoms with Gasteiger partial charge in [-0.1, -0.05) is 6.08 Å². The molecule has 0 fully saturated rings. The topological polar surface area (TPSA) is 79.5 Å². The van der Waals surface area contributed by atoms with Crippen molar-refractivity contribution in [3.05, 3.63) is 36.9 Å². The maximum Gasteiger partial charge on any atom is 0.250 e. The Labute approximate surface area is 124 Å². The van der Waals surface area contributed by atoms with Crippen molar-refractivity contribution in [3.8, 4) is 0 Å². The van der Waals surface area contributed by atoms with Gasteiger partial charge in [0.1, 0.15) is 12.6 Å². The van der Waals surface area contributed by atoms with E-state index in [1.807, 2.05) is 0 Å². The number of ether oxygens (including phenoxy) is 1. The standard InChI is InChI=1S/C15H21N3O3/c1-4-9-16-15(20)11(2)17-12-5-7-13(8-6-12)18-14(19)10-21-3/h4-8,11,17H,1,9-10H2,2-3H3,(H,16,20)(H,18,19). The number of hydrogen-bond donors (Lipinski definition) is 3. The zero-order chi connectivity index (χ0) is 15.7. The van der Waals surface area contributed by atoms with Crippen molar-refractivity contribution < 1.29 is 14.3 Å². The summed E-state index contributed by atoms with van der Waals surface area (Å²) in [4.78, 5) is 23.1. The number of anilines is 2. The molecule has 0 bridgehead atoms. The Balaban J connectivity index is 2.52. The number of rotatable bonds is 8. The van der Waals surface area contributed by atoms with Crippen molar-refractivity contribution in [2.75, 3.05) is 30.9 Å². The molecule has 1 atom stereocenters. The van der Waals surface area contributed by atoms with Gasteiger partial charge in [-0.2, -0.15) is 0 Å². The third-order valence-corrected chi connectivity index (χ3v) is 2.64. The Morgan fingerprint density at radius 3 is 2.48 bits per heavy atom. The fourth-order valence-corrected chi connectivity index (χ4v) is 1.62. The van der Waals surface area contributed by atoms with Gasteiger partial charge in [0.25, 0.3) is 0 Å². The second-order valence-electron chi connectivity index (χ2n) is 4.46. The van der Waals surface area contributed by atoms with Crippen LogP contribution < -0.4 is 16.0 Å². The van der Waals surface area contributed by atoms with Gasteiger partial charge >= 0.3 is 0 Å². The minimum Gasteiger partial charge on any atom is -0.375 e. The summed E-state index contributed by atoms with van der Waals surface area (Å²) in [6.45, 7) is 5.77. The second-order valence-corrected chi connectivity index (χ2v) is 4.46. The van der Waals surface area contributed by atoms with Crippen LogP contribution in [-0.4, -0.2) is 38.1 Å². The minimum atomic E-state index is -0.362. The highest BCUT2D eigenvalue weighted by Gasteiger charge is 2.11. The van der Waals surface area contributed by atoms with Crippen LogP contribution in [0.3, 0.4) is 0 Å². The average molecular weight is 291 g/mol. The third-order valence-electron chi connectivity index (χ3n) is 2.64. The van der Waals surface area contributed by atoms with Gasteiger partial charge in [-0.05, 0) is 31.2 Å². The van der Waals surface area contributed by atoms with Crippen molar-refractivity contribution >= 4 is 23.2 Å². The van der Waals surface area contributed by atoms with Crippen LogP contribution in [0.5, 0.6) is 0 Å². The highest BCUT2D eigenvalue weighted by Crippen LogP contribution is 2.14. The fraction of sp³-hybridized carbons (Fsp3) is 0.333. The van der Waals surface area contributed by atoms with Crippen LogP contribution in [0.15, 0.2) is 36.9 Å². The predicted octanol–water partition coefficient (Wildman–Crippen LogP) is 1.37. The van der Waals surface area contributed by atoms with Crippen molar-refractivity contribution in [3.63, 3.8) is 0 Å². The number of carbonyl (C=O) groups excluding carboxylic acids is 2. The first kappa shape index (κ1) is 16.7. The summed E-state index contributed by atoms with van der Waals surface area (Å²) in [6, 6.07) is 6.73. The van der Waals surface area contributed by atoms with Gasteiger partial charge in [-0.3, -0.25) is 9.59 Å². The molecule has 6 nitrogen and oxygen atoms in total. The molecule has 0 radical (unpaired) electrons. The summed E-state index contributed by atoms with van der Waals surface area (Å²) in [5.74, 6) is -0.317. The van der Waals surface area contributed by atoms with Gasteiger partial charge in [0.05, 0.1) is 0 Å². The molecule has 3 N–H and O–H groups in total. The SMILES string of the molecule is C=CCNC(=O)C(C)Nc1ccc(NC(=O)COC)cc1. The van der Waals surface area contributed by atoms with Crippen LogP contribution in [0.25, 0.3) is 0 Å². The Bertz CT molecular complexity index is 485. The number of nitrogens with one attached hydrogen (secondary N) is 3. The van der Waals surface area contributed by atoms with Gasteiger partial charge in [0, 0.05) is 25.0 Å². The lowest BCUT2D eigenvalue weighted by molar-refractivity contribution is -0.121. The van der Waals surface area contributed by atoms with Crippen molar-refractivity contribution in [1.82, 2.24) is 5.32 Å². The lowest BCUT2D eigenvalue weighted by Gasteiger charge is -2.15. The molecule has 21 heavy (non-hydrogen) atoms. The average Bonchev–Trinajstić information content (AvgIpc) is 2.47. The Hall–Kier alpha value is -2.34. The zero-order valence-corrected chi connectivity index (χ0v) is 12.3. The van der Waals surface area contributed by atoms with Gasteiger partial charge in [-0.25, -0.2) is 0 Å². The first-order valence-electron chi connectivity index (χ1n) is 6.60. The third kappa shape index (κ3) is 6.09. The molecule has 0 aliphatic heterocycles. The van der Waals surface area contributed by atoms with E-state index in [2.05, 4.69) is 22.5 Å². The molecule has 0 heterocycles. The molecule has 0 aromatic heterocycles. The monoisotopic (exact) mass is 291 g/mol. The van der Waals surface area contributed by atoms with Crippen molar-refractivity contribution in [1.29, 1.82) is 0 Å². The first-order chi connectivity index (χ1) is 10.1. The van der Waals surface area contributed by atoms with E-state index in [9.17, 15) is 9.59 Å². The number of benzene rings is 1. The van der Waals surface area contributed by atoms with Crippen molar-refractivity contribution in [2.24, 2.45) is 0 Å². The highest BCUT2D eigenvalue weighted by molar-refractivity contribution is 5.92. The smallest absolute Gasteiger partial charge is 0.250 e. The van der Waals surface area contributed by atoms with Crippen LogP contribution in [0.2, 0.25) is 0 Å². The summed E-state index contributed by atoms with van der Waals surface area (Å²) in [5, 5.41) is 8.48. The normalized spacial score (nSPS) is 11.3. The van der Waals surface area contributed by atoms with E-state index in [0.717, 1.165) is 5.69 Å². The molecule has 114 valence electrons. The molecule has 0 aliphatic rings. The molecule has 1 unspecified atom stereocenters. The maximum atomic E-state index is 11.7. The quantitative estimate of drug-likeness (QED) is 0.632. The largest absolute Gasteiger partial charge is 0.375 e. The Kier molecular flexibility index (Phi) is 6.97. The first-order valence-corrected chi connectivity index (χ1v) is 6.60. The lowest BCUT2D eigenvalue weighted by Crippen LogP contribution is -2.37. The molecular weight excluding hydrogens is 270 g/mol. The van der Waals surface area contributed by atoms with E-state index in [0.29, 0.717) is 12.2 Å². The molecule has 1 aromatic rings. The molecule has 0 saturated heterocycles. The summed E-state index contributed by atoms with van der Waals surface area (Å²) >= 11 is 0. The van der Waals surface area contributed by atoms with E-state index in [1.54, 1.807) is 37.3 Å². The number of carbonyl (C=O) groups is 2. The van der Waals surface area contributed by atoms with Gasteiger partial charge in [-0.15, -0.1) is 6.58 Å². The number of methoxy groups -OCH3 is 1. The molecule has 2 amide bonds. The number of hydrogen-bond acceptors (Lipinski definition) is 4. The van der Waals surface area contributed by atoms with Crippen LogP contribution >= 0.6 is 0 Å². The highest BCUT2D eigenvalue weighted by atomic mass is 16.5. The Morgan fingerprint density at radius 2 is 1.90 bits per heavy atom. The summed E-state index contributed by atoms with van der Waals surface area (Å²) < 4.78 is 4.73. The van der Waals surface area contributed by atoms with Crippen LogP contribution in [-0.2, 0) is 14.3 Å². The van der Waals surface area contributed by atoms with E-state index in [1.165, 1.54) is 7.11 Å². The van der Waals surface area contributed by atoms with E-state index in [4.69, 9.17) is 4.74 Å². The zero-order valence-electron chi connectivity index (χ0n) is 12.3. The summed E-state index contributed by atoms with van der Waals surface area (Å²) in [5.41, 5.74) is 1.47. The van der Waals surface area contributed by atoms with Gasteiger partial charge in [0.2, 0.25) is 11.8 Å². The summed E-state index contributed by atoms with van der Waals surface area (Å²) in [6.07, 6.45) is 1.63. The van der Waals surface area contributed by atoms with E-state index < -0.39 is 0 Å². The molecule has 6 heteroatoms. The fourth-order valence-electron chi connectivity index (χ4n) is 1.62. The predicted molar refractivity (Wildman–Crippen MR) is 83.2 cm³/mol. The van der Waals surface area contributed by atoms with Crippen LogP contribution in [0.4, 0.5) is 11.4 Å². The molecule has 1 rings (SSSR count). The number of amides is 2. The van der Waals surface area contributed by atoms with Crippen molar-refractivity contribution in [2.45, 2.75) is 13.0 Å². The second kappa shape index (κ2) is 8.76. The van der Waals surface area contributed by atoms with E-state index >= 15 is 0 Å². The van der Waals surface area contributed by atoms with E-state index in [-0.39, 0.29) is 24.5 Å².